The van der Waals surface area contributed by atoms with Gasteiger partial charge in [0.2, 0.25) is 0 Å². The predicted octanol–water partition coefficient (Wildman–Crippen LogP) is 2.60. The molecule has 8 heteroatoms. The molecule has 1 aliphatic rings. The fourth-order valence-corrected chi connectivity index (χ4v) is 4.65. The van der Waals surface area contributed by atoms with Gasteiger partial charge in [0.15, 0.2) is 5.82 Å². The van der Waals surface area contributed by atoms with Crippen molar-refractivity contribution in [2.45, 2.75) is 26.4 Å². The molecule has 0 radical (unpaired) electrons. The smallest absolute Gasteiger partial charge is 0.253 e. The van der Waals surface area contributed by atoms with Crippen LogP contribution >= 0.6 is 0 Å². The second-order valence-corrected chi connectivity index (χ2v) is 8.70. The molecule has 0 aliphatic carbocycles. The van der Waals surface area contributed by atoms with Crippen LogP contribution in [0.4, 0.5) is 0 Å². The first-order chi connectivity index (χ1) is 16.1. The maximum Gasteiger partial charge on any atom is 0.253 e. The van der Waals surface area contributed by atoms with E-state index in [4.69, 9.17) is 0 Å². The molecule has 5 rings (SSSR count). The number of aryl methyl sites for hydroxylation is 1. The predicted molar refractivity (Wildman–Crippen MR) is 128 cm³/mol. The van der Waals surface area contributed by atoms with Crippen LogP contribution in [0.2, 0.25) is 0 Å². The molecule has 1 fully saturated rings. The Morgan fingerprint density at radius 2 is 1.82 bits per heavy atom. The number of benzene rings is 2. The van der Waals surface area contributed by atoms with Crippen molar-refractivity contribution >= 4 is 10.9 Å². The van der Waals surface area contributed by atoms with Gasteiger partial charge in [0.05, 0.1) is 6.54 Å². The van der Waals surface area contributed by atoms with E-state index in [-0.39, 0.29) is 11.6 Å². The first-order valence-electron chi connectivity index (χ1n) is 11.5. The van der Waals surface area contributed by atoms with Gasteiger partial charge in [-0.1, -0.05) is 49.4 Å². The first kappa shape index (κ1) is 21.5. The summed E-state index contributed by atoms with van der Waals surface area (Å²) in [5.74, 6) is 0.695. The van der Waals surface area contributed by atoms with Gasteiger partial charge in [-0.2, -0.15) is 0 Å². The van der Waals surface area contributed by atoms with Crippen LogP contribution in [0.1, 0.15) is 35.5 Å². The molecule has 1 N–H and O–H groups in total. The number of hydrogen-bond donors (Lipinski definition) is 1. The number of likely N-dealkylation sites (N-methyl/N-ethyl adjacent to an activating group) is 1. The number of nitrogens with one attached hydrogen (secondary N) is 1. The van der Waals surface area contributed by atoms with Crippen LogP contribution in [0.15, 0.2) is 59.4 Å². The molecule has 33 heavy (non-hydrogen) atoms. The molecule has 0 bridgehead atoms. The number of rotatable bonds is 6. The highest BCUT2D eigenvalue weighted by atomic mass is 16.1. The third-order valence-corrected chi connectivity index (χ3v) is 6.52. The van der Waals surface area contributed by atoms with Crippen molar-refractivity contribution < 1.29 is 0 Å². The standard InChI is InChI=1S/C25H29N7O/c1-3-30-11-13-31(14-12-30)23(21-16-20-10-9-18(2)15-22(20)26-25(21)33)24-27-28-29-32(24)17-19-7-5-4-6-8-19/h4-10,15-16,23H,3,11-14,17H2,1-2H3,(H,26,33). The highest BCUT2D eigenvalue weighted by Gasteiger charge is 2.32. The lowest BCUT2D eigenvalue weighted by atomic mass is 10.0. The van der Waals surface area contributed by atoms with Gasteiger partial charge in [0.1, 0.15) is 6.04 Å². The maximum absolute atomic E-state index is 13.3. The molecule has 0 saturated carbocycles. The SMILES string of the molecule is CCN1CCN(C(c2cc3ccc(C)cc3[nH]c2=O)c2nnnn2Cc2ccccc2)CC1. The summed E-state index contributed by atoms with van der Waals surface area (Å²) in [4.78, 5) is 21.2. The zero-order chi connectivity index (χ0) is 22.8. The van der Waals surface area contributed by atoms with Crippen LogP contribution in [0.5, 0.6) is 0 Å². The zero-order valence-corrected chi connectivity index (χ0v) is 19.1. The van der Waals surface area contributed by atoms with E-state index in [0.717, 1.165) is 54.8 Å². The number of fused-ring (bicyclic) bond motifs is 1. The first-order valence-corrected chi connectivity index (χ1v) is 11.5. The molecular weight excluding hydrogens is 414 g/mol. The van der Waals surface area contributed by atoms with E-state index >= 15 is 0 Å². The van der Waals surface area contributed by atoms with E-state index in [1.54, 1.807) is 0 Å². The molecule has 170 valence electrons. The van der Waals surface area contributed by atoms with Crippen molar-refractivity contribution in [3.8, 4) is 0 Å². The summed E-state index contributed by atoms with van der Waals surface area (Å²) in [5.41, 5.74) is 3.67. The molecule has 0 spiro atoms. The minimum absolute atomic E-state index is 0.0923. The molecule has 0 amide bonds. The summed E-state index contributed by atoms with van der Waals surface area (Å²) < 4.78 is 1.82. The van der Waals surface area contributed by atoms with E-state index in [0.29, 0.717) is 17.9 Å². The number of nitrogens with zero attached hydrogens (tertiary/aromatic N) is 6. The Morgan fingerprint density at radius 1 is 1.03 bits per heavy atom. The summed E-state index contributed by atoms with van der Waals surface area (Å²) in [6, 6.07) is 18.0. The van der Waals surface area contributed by atoms with Crippen LogP contribution in [0, 0.1) is 6.92 Å². The monoisotopic (exact) mass is 443 g/mol. The summed E-state index contributed by atoms with van der Waals surface area (Å²) in [6.07, 6.45) is 0. The Morgan fingerprint density at radius 3 is 2.58 bits per heavy atom. The lowest BCUT2D eigenvalue weighted by molar-refractivity contribution is 0.108. The number of tetrazole rings is 1. The molecule has 1 unspecified atom stereocenters. The van der Waals surface area contributed by atoms with E-state index in [1.807, 2.05) is 41.9 Å². The molecular formula is C25H29N7O. The van der Waals surface area contributed by atoms with Gasteiger partial charge in [-0.15, -0.1) is 5.10 Å². The molecule has 2 aromatic heterocycles. The van der Waals surface area contributed by atoms with Crippen molar-refractivity contribution in [2.75, 3.05) is 32.7 Å². The Labute approximate surface area is 192 Å². The van der Waals surface area contributed by atoms with Gasteiger partial charge in [-0.05, 0) is 52.5 Å². The van der Waals surface area contributed by atoms with Gasteiger partial charge >= 0.3 is 0 Å². The van der Waals surface area contributed by atoms with Gasteiger partial charge in [0, 0.05) is 37.3 Å². The normalized spacial score (nSPS) is 16.3. The average molecular weight is 444 g/mol. The molecule has 4 aromatic rings. The molecule has 3 heterocycles. The van der Waals surface area contributed by atoms with Crippen molar-refractivity contribution in [1.82, 2.24) is 35.0 Å². The molecule has 8 nitrogen and oxygen atoms in total. The van der Waals surface area contributed by atoms with Crippen LogP contribution in [-0.2, 0) is 6.54 Å². The van der Waals surface area contributed by atoms with Crippen LogP contribution in [0.25, 0.3) is 10.9 Å². The Hall–Kier alpha value is -3.36. The van der Waals surface area contributed by atoms with Gasteiger partial charge in [-0.25, -0.2) is 4.68 Å². The van der Waals surface area contributed by atoms with Crippen LogP contribution < -0.4 is 5.56 Å². The van der Waals surface area contributed by atoms with Crippen LogP contribution in [0.3, 0.4) is 0 Å². The van der Waals surface area contributed by atoms with E-state index < -0.39 is 0 Å². The number of aromatic nitrogens is 5. The molecule has 1 saturated heterocycles. The lowest BCUT2D eigenvalue weighted by Crippen LogP contribution is -2.49. The van der Waals surface area contributed by atoms with Crippen molar-refractivity contribution in [3.63, 3.8) is 0 Å². The largest absolute Gasteiger partial charge is 0.322 e. The van der Waals surface area contributed by atoms with E-state index in [9.17, 15) is 4.79 Å². The van der Waals surface area contributed by atoms with Gasteiger partial charge in [-0.3, -0.25) is 9.69 Å². The fraction of sp³-hybridized carbons (Fsp3) is 0.360. The summed E-state index contributed by atoms with van der Waals surface area (Å²) in [5, 5.41) is 13.7. The highest BCUT2D eigenvalue weighted by molar-refractivity contribution is 5.79. The number of pyridine rings is 1. The summed E-state index contributed by atoms with van der Waals surface area (Å²) in [6.45, 7) is 9.41. The Bertz CT molecular complexity index is 1290. The highest BCUT2D eigenvalue weighted by Crippen LogP contribution is 2.28. The van der Waals surface area contributed by atoms with Gasteiger partial charge in [0.25, 0.3) is 5.56 Å². The second kappa shape index (κ2) is 9.25. The van der Waals surface area contributed by atoms with Crippen molar-refractivity contribution in [2.24, 2.45) is 0 Å². The quantitative estimate of drug-likeness (QED) is 0.493. The number of piperazine rings is 1. The Balaban J connectivity index is 1.59. The Kier molecular flexibility index (Phi) is 6.02. The van der Waals surface area contributed by atoms with Crippen molar-refractivity contribution in [1.29, 1.82) is 0 Å². The topological polar surface area (TPSA) is 82.9 Å². The number of hydrogen-bond acceptors (Lipinski definition) is 6. The number of aromatic amines is 1. The minimum Gasteiger partial charge on any atom is -0.322 e. The average Bonchev–Trinajstić information content (AvgIpc) is 3.28. The fourth-order valence-electron chi connectivity index (χ4n) is 4.65. The lowest BCUT2D eigenvalue weighted by Gasteiger charge is -2.38. The minimum atomic E-state index is -0.322. The molecule has 2 aromatic carbocycles. The van der Waals surface area contributed by atoms with Crippen LogP contribution in [-0.4, -0.2) is 67.7 Å². The van der Waals surface area contributed by atoms with E-state index in [2.05, 4.69) is 61.5 Å². The summed E-state index contributed by atoms with van der Waals surface area (Å²) in [7, 11) is 0. The maximum atomic E-state index is 13.3. The second-order valence-electron chi connectivity index (χ2n) is 8.70. The third-order valence-electron chi connectivity index (χ3n) is 6.52. The number of H-pyrrole nitrogens is 1. The third kappa shape index (κ3) is 4.44. The van der Waals surface area contributed by atoms with E-state index in [1.165, 1.54) is 0 Å². The molecule has 1 atom stereocenters. The summed E-state index contributed by atoms with van der Waals surface area (Å²) >= 11 is 0. The molecule has 1 aliphatic heterocycles. The zero-order valence-electron chi connectivity index (χ0n) is 19.1. The van der Waals surface area contributed by atoms with Gasteiger partial charge < -0.3 is 9.88 Å². The van der Waals surface area contributed by atoms with Crippen molar-refractivity contribution in [3.05, 3.63) is 87.5 Å².